The Balaban J connectivity index is 2.13. The van der Waals surface area contributed by atoms with E-state index in [1.54, 1.807) is 48.5 Å². The van der Waals surface area contributed by atoms with Crippen molar-refractivity contribution in [3.63, 3.8) is 0 Å². The van der Waals surface area contributed by atoms with Gasteiger partial charge < -0.3 is 15.3 Å². The van der Waals surface area contributed by atoms with Crippen LogP contribution in [0.5, 0.6) is 0 Å². The molecular formula is C16H12O4. The van der Waals surface area contributed by atoms with Crippen molar-refractivity contribution in [1.29, 1.82) is 0 Å². The molecule has 0 saturated heterocycles. The summed E-state index contributed by atoms with van der Waals surface area (Å²) < 4.78 is 0. The molecule has 0 spiro atoms. The fourth-order valence-corrected chi connectivity index (χ4v) is 3.54. The second kappa shape index (κ2) is 3.35. The number of hydrogen-bond donors (Lipinski definition) is 3. The molecule has 2 aromatic rings. The van der Waals surface area contributed by atoms with Crippen LogP contribution in [0.25, 0.3) is 0 Å². The van der Waals surface area contributed by atoms with Gasteiger partial charge in [-0.1, -0.05) is 48.5 Å². The minimum atomic E-state index is -2.12. The molecule has 4 nitrogen and oxygen atoms in total. The quantitative estimate of drug-likeness (QED) is 0.666. The van der Waals surface area contributed by atoms with Crippen molar-refractivity contribution in [3.05, 3.63) is 70.8 Å². The van der Waals surface area contributed by atoms with Gasteiger partial charge in [0.2, 0.25) is 5.78 Å². The number of fused-ring (bicyclic) bond motifs is 5. The largest absolute Gasteiger partial charge is 0.385 e. The van der Waals surface area contributed by atoms with Crippen LogP contribution in [0.1, 0.15) is 33.2 Å². The van der Waals surface area contributed by atoms with E-state index in [-0.39, 0.29) is 16.7 Å². The number of benzene rings is 2. The van der Waals surface area contributed by atoms with Crippen molar-refractivity contribution in [2.45, 2.75) is 17.3 Å². The summed E-state index contributed by atoms with van der Waals surface area (Å²) >= 11 is 0. The summed E-state index contributed by atoms with van der Waals surface area (Å²) in [6.07, 6.45) is -1.34. The van der Waals surface area contributed by atoms with E-state index in [1.807, 2.05) is 0 Å². The first-order valence-electron chi connectivity index (χ1n) is 6.39. The fraction of sp³-hybridized carbons (Fsp3) is 0.188. The van der Waals surface area contributed by atoms with Crippen molar-refractivity contribution in [1.82, 2.24) is 0 Å². The average Bonchev–Trinajstić information content (AvgIpc) is 2.78. The number of aliphatic hydroxyl groups is 3. The lowest BCUT2D eigenvalue weighted by Crippen LogP contribution is -2.48. The first kappa shape index (κ1) is 11.8. The van der Waals surface area contributed by atoms with Crippen LogP contribution in [0.2, 0.25) is 0 Å². The third-order valence-electron chi connectivity index (χ3n) is 4.50. The molecule has 0 saturated carbocycles. The van der Waals surface area contributed by atoms with Gasteiger partial charge in [-0.15, -0.1) is 0 Å². The molecule has 2 aliphatic carbocycles. The van der Waals surface area contributed by atoms with E-state index in [1.165, 1.54) is 0 Å². The molecule has 20 heavy (non-hydrogen) atoms. The first-order chi connectivity index (χ1) is 9.53. The minimum absolute atomic E-state index is 0.256. The van der Waals surface area contributed by atoms with Crippen LogP contribution >= 0.6 is 0 Å². The van der Waals surface area contributed by atoms with Crippen LogP contribution in [0.3, 0.4) is 0 Å². The minimum Gasteiger partial charge on any atom is -0.385 e. The highest BCUT2D eigenvalue weighted by Gasteiger charge is 2.71. The Morgan fingerprint density at radius 3 is 2.25 bits per heavy atom. The average molecular weight is 268 g/mol. The van der Waals surface area contributed by atoms with Crippen LogP contribution in [0.4, 0.5) is 0 Å². The highest BCUT2D eigenvalue weighted by Crippen LogP contribution is 2.61. The molecule has 2 aromatic carbocycles. The summed E-state index contributed by atoms with van der Waals surface area (Å²) in [6, 6.07) is 13.0. The molecule has 3 N–H and O–H groups in total. The molecule has 4 heteroatoms. The molecule has 0 radical (unpaired) electrons. The normalized spacial score (nSPS) is 33.8. The number of carbonyl (C=O) groups is 1. The Morgan fingerprint density at radius 1 is 0.900 bits per heavy atom. The fourth-order valence-electron chi connectivity index (χ4n) is 3.54. The van der Waals surface area contributed by atoms with Gasteiger partial charge in [-0.3, -0.25) is 4.79 Å². The number of Topliss-reactive ketones (excluding diaryl/α,β-unsaturated/α-hetero) is 1. The summed E-state index contributed by atoms with van der Waals surface area (Å²) in [5.74, 6) is -0.570. The molecule has 0 amide bonds. The number of aliphatic hydroxyl groups excluding tert-OH is 1. The highest BCUT2D eigenvalue weighted by atomic mass is 16.4. The van der Waals surface area contributed by atoms with Crippen molar-refractivity contribution in [2.24, 2.45) is 0 Å². The Labute approximate surface area is 114 Å². The van der Waals surface area contributed by atoms with Crippen LogP contribution < -0.4 is 0 Å². The highest BCUT2D eigenvalue weighted by molar-refractivity contribution is 6.10. The van der Waals surface area contributed by atoms with E-state index in [2.05, 4.69) is 0 Å². The number of carbonyl (C=O) groups excluding carboxylic acids is 1. The maximum Gasteiger partial charge on any atom is 0.202 e. The SMILES string of the molecule is O=C1c2ccccc2[C@@]2(O)[C@H](O)c3ccccc3[C@@]12O. The van der Waals surface area contributed by atoms with Gasteiger partial charge in [0.25, 0.3) is 0 Å². The number of hydrogen-bond acceptors (Lipinski definition) is 4. The van der Waals surface area contributed by atoms with Gasteiger partial charge in [-0.05, 0) is 5.56 Å². The predicted molar refractivity (Wildman–Crippen MR) is 70.0 cm³/mol. The smallest absolute Gasteiger partial charge is 0.202 e. The lowest BCUT2D eigenvalue weighted by Gasteiger charge is -2.33. The number of rotatable bonds is 0. The van der Waals surface area contributed by atoms with Gasteiger partial charge in [0, 0.05) is 16.7 Å². The molecule has 100 valence electrons. The maximum atomic E-state index is 12.6. The molecule has 3 atom stereocenters. The van der Waals surface area contributed by atoms with Gasteiger partial charge in [0.05, 0.1) is 0 Å². The molecule has 0 bridgehead atoms. The van der Waals surface area contributed by atoms with Gasteiger partial charge in [-0.2, -0.15) is 0 Å². The Hall–Kier alpha value is -2.01. The molecule has 0 aliphatic heterocycles. The van der Waals surface area contributed by atoms with Crippen LogP contribution in [-0.4, -0.2) is 21.1 Å². The Bertz CT molecular complexity index is 754. The van der Waals surface area contributed by atoms with E-state index < -0.39 is 23.1 Å². The Morgan fingerprint density at radius 2 is 1.50 bits per heavy atom. The molecule has 0 unspecified atom stereocenters. The number of ketones is 1. The van der Waals surface area contributed by atoms with Crippen LogP contribution in [0.15, 0.2) is 48.5 Å². The van der Waals surface area contributed by atoms with Gasteiger partial charge in [-0.25, -0.2) is 0 Å². The molecule has 0 aromatic heterocycles. The second-order valence-corrected chi connectivity index (χ2v) is 5.34. The zero-order chi connectivity index (χ0) is 14.1. The van der Waals surface area contributed by atoms with E-state index in [0.29, 0.717) is 5.56 Å². The van der Waals surface area contributed by atoms with Gasteiger partial charge in [0.15, 0.2) is 11.2 Å². The lowest BCUT2D eigenvalue weighted by molar-refractivity contribution is -0.171. The van der Waals surface area contributed by atoms with E-state index in [9.17, 15) is 20.1 Å². The summed E-state index contributed by atoms with van der Waals surface area (Å²) in [6.45, 7) is 0. The zero-order valence-electron chi connectivity index (χ0n) is 10.4. The summed E-state index contributed by atoms with van der Waals surface area (Å²) in [7, 11) is 0. The Kier molecular flexibility index (Phi) is 1.98. The van der Waals surface area contributed by atoms with Gasteiger partial charge >= 0.3 is 0 Å². The summed E-state index contributed by atoms with van der Waals surface area (Å²) in [5.41, 5.74) is -2.95. The predicted octanol–water partition coefficient (Wildman–Crippen LogP) is 1.01. The lowest BCUT2D eigenvalue weighted by atomic mass is 9.82. The van der Waals surface area contributed by atoms with Crippen molar-refractivity contribution in [3.8, 4) is 0 Å². The van der Waals surface area contributed by atoms with E-state index in [4.69, 9.17) is 0 Å². The van der Waals surface area contributed by atoms with Gasteiger partial charge in [0.1, 0.15) is 6.10 Å². The zero-order valence-corrected chi connectivity index (χ0v) is 10.4. The standard InChI is InChI=1S/C16H12O4/c17-13-9-5-1-3-7-11(9)15(19)14(18)10-6-2-4-8-12(10)16(13,15)20/h1-8,13,17,19-20H/t13-,15-,16-/m1/s1. The molecule has 0 heterocycles. The van der Waals surface area contributed by atoms with Crippen molar-refractivity contribution < 1.29 is 20.1 Å². The van der Waals surface area contributed by atoms with Crippen molar-refractivity contribution >= 4 is 5.78 Å². The first-order valence-corrected chi connectivity index (χ1v) is 6.39. The molecular weight excluding hydrogens is 256 g/mol. The van der Waals surface area contributed by atoms with E-state index in [0.717, 1.165) is 0 Å². The molecule has 2 aliphatic rings. The second-order valence-electron chi connectivity index (χ2n) is 5.34. The maximum absolute atomic E-state index is 12.6. The third-order valence-corrected chi connectivity index (χ3v) is 4.50. The molecule has 0 fully saturated rings. The van der Waals surface area contributed by atoms with Crippen molar-refractivity contribution in [2.75, 3.05) is 0 Å². The molecule has 4 rings (SSSR count). The topological polar surface area (TPSA) is 77.8 Å². The monoisotopic (exact) mass is 268 g/mol. The summed E-state index contributed by atoms with van der Waals surface area (Å²) in [4.78, 5) is 12.6. The van der Waals surface area contributed by atoms with Crippen LogP contribution in [0, 0.1) is 0 Å². The van der Waals surface area contributed by atoms with E-state index >= 15 is 0 Å². The van der Waals surface area contributed by atoms with Crippen LogP contribution in [-0.2, 0) is 11.2 Å². The third kappa shape index (κ3) is 0.966. The summed E-state index contributed by atoms with van der Waals surface area (Å²) in [5, 5.41) is 32.4.